The lowest BCUT2D eigenvalue weighted by atomic mass is 10.1. The Kier molecular flexibility index (Phi) is 8.09. The number of carbonyl (C=O) groups is 2. The smallest absolute Gasteiger partial charge is 0.307 e. The molecule has 6 nitrogen and oxygen atoms in total. The normalized spacial score (nSPS) is 10.4. The molecule has 0 saturated heterocycles. The summed E-state index contributed by atoms with van der Waals surface area (Å²) in [6, 6.07) is 5.66. The lowest BCUT2D eigenvalue weighted by Gasteiger charge is -2.26. The Morgan fingerprint density at radius 1 is 1.04 bits per heavy atom. The van der Waals surface area contributed by atoms with E-state index in [1.165, 1.54) is 7.11 Å². The highest BCUT2D eigenvalue weighted by molar-refractivity contribution is 5.77. The molecule has 1 amide bonds. The summed E-state index contributed by atoms with van der Waals surface area (Å²) in [6.07, 6.45) is 1.17. The number of methoxy groups -OCH3 is 3. The number of hydrogen-bond donors (Lipinski definition) is 0. The van der Waals surface area contributed by atoms with Gasteiger partial charge in [0.05, 0.1) is 27.8 Å². The maximum absolute atomic E-state index is 12.5. The van der Waals surface area contributed by atoms with Gasteiger partial charge in [0.25, 0.3) is 0 Å². The van der Waals surface area contributed by atoms with E-state index in [9.17, 15) is 9.59 Å². The van der Waals surface area contributed by atoms with Crippen molar-refractivity contribution in [3.05, 3.63) is 23.8 Å². The number of aryl methyl sites for hydroxylation is 1. The minimum absolute atomic E-state index is 0.0173. The highest BCUT2D eigenvalue weighted by Crippen LogP contribution is 2.28. The van der Waals surface area contributed by atoms with Crippen LogP contribution in [0.25, 0.3) is 0 Å². The van der Waals surface area contributed by atoms with E-state index in [2.05, 4.69) is 4.74 Å². The summed E-state index contributed by atoms with van der Waals surface area (Å²) in [6.45, 7) is 4.24. The molecular weight excluding hydrogens is 310 g/mol. The number of benzene rings is 1. The third-order valence-electron chi connectivity index (χ3n) is 3.80. The summed E-state index contributed by atoms with van der Waals surface area (Å²) in [4.78, 5) is 25.4. The molecule has 24 heavy (non-hydrogen) atoms. The van der Waals surface area contributed by atoms with Crippen LogP contribution in [0.15, 0.2) is 18.2 Å². The predicted octanol–water partition coefficient (Wildman–Crippen LogP) is 2.44. The van der Waals surface area contributed by atoms with Gasteiger partial charge < -0.3 is 19.1 Å². The topological polar surface area (TPSA) is 65.1 Å². The molecule has 1 aromatic carbocycles. The van der Waals surface area contributed by atoms with Crippen molar-refractivity contribution in [1.82, 2.24) is 4.90 Å². The fraction of sp³-hybridized carbons (Fsp3) is 0.556. The van der Waals surface area contributed by atoms with E-state index in [0.717, 1.165) is 5.56 Å². The van der Waals surface area contributed by atoms with Crippen LogP contribution in [0.1, 0.15) is 32.3 Å². The van der Waals surface area contributed by atoms with Gasteiger partial charge in [0.1, 0.15) is 0 Å². The van der Waals surface area contributed by atoms with Crippen LogP contribution < -0.4 is 9.47 Å². The molecule has 0 radical (unpaired) electrons. The van der Waals surface area contributed by atoms with Crippen molar-refractivity contribution >= 4 is 11.9 Å². The second-order valence-electron chi connectivity index (χ2n) is 5.70. The van der Waals surface area contributed by atoms with Gasteiger partial charge in [0, 0.05) is 19.0 Å². The molecule has 0 heterocycles. The average Bonchev–Trinajstić information content (AvgIpc) is 2.59. The molecule has 0 spiro atoms. The maximum atomic E-state index is 12.5. The van der Waals surface area contributed by atoms with Gasteiger partial charge in [-0.05, 0) is 38.0 Å². The van der Waals surface area contributed by atoms with Crippen LogP contribution in [0.2, 0.25) is 0 Å². The predicted molar refractivity (Wildman–Crippen MR) is 91.3 cm³/mol. The Bertz CT molecular complexity index is 556. The number of esters is 1. The van der Waals surface area contributed by atoms with Crippen molar-refractivity contribution in [3.63, 3.8) is 0 Å². The molecule has 134 valence electrons. The van der Waals surface area contributed by atoms with E-state index in [4.69, 9.17) is 9.47 Å². The average molecular weight is 337 g/mol. The minimum Gasteiger partial charge on any atom is -0.493 e. The SMILES string of the molecule is COC(=O)CCN(C(=O)CCc1ccc(OC)c(OC)c1)C(C)C. The van der Waals surface area contributed by atoms with Gasteiger partial charge >= 0.3 is 5.97 Å². The first-order valence-corrected chi connectivity index (χ1v) is 8.00. The molecule has 0 aromatic heterocycles. The molecule has 0 atom stereocenters. The third kappa shape index (κ3) is 5.76. The quantitative estimate of drug-likeness (QED) is 0.648. The summed E-state index contributed by atoms with van der Waals surface area (Å²) in [5, 5.41) is 0. The lowest BCUT2D eigenvalue weighted by molar-refractivity contribution is -0.142. The van der Waals surface area contributed by atoms with Gasteiger partial charge in [-0.1, -0.05) is 6.07 Å². The fourth-order valence-electron chi connectivity index (χ4n) is 2.42. The van der Waals surface area contributed by atoms with Crippen LogP contribution in [-0.2, 0) is 20.7 Å². The van der Waals surface area contributed by atoms with Gasteiger partial charge in [-0.3, -0.25) is 9.59 Å². The fourth-order valence-corrected chi connectivity index (χ4v) is 2.42. The van der Waals surface area contributed by atoms with Crippen molar-refractivity contribution in [2.24, 2.45) is 0 Å². The summed E-state index contributed by atoms with van der Waals surface area (Å²) < 4.78 is 15.1. The monoisotopic (exact) mass is 337 g/mol. The zero-order valence-corrected chi connectivity index (χ0v) is 15.1. The van der Waals surface area contributed by atoms with Gasteiger partial charge in [-0.15, -0.1) is 0 Å². The van der Waals surface area contributed by atoms with Crippen LogP contribution in [0.5, 0.6) is 11.5 Å². The van der Waals surface area contributed by atoms with Crippen molar-refractivity contribution in [2.75, 3.05) is 27.9 Å². The first kappa shape index (κ1) is 19.8. The first-order chi connectivity index (χ1) is 11.4. The second-order valence-corrected chi connectivity index (χ2v) is 5.70. The van der Waals surface area contributed by atoms with Crippen molar-refractivity contribution in [1.29, 1.82) is 0 Å². The summed E-state index contributed by atoms with van der Waals surface area (Å²) >= 11 is 0. The molecule has 0 aliphatic rings. The minimum atomic E-state index is -0.312. The third-order valence-corrected chi connectivity index (χ3v) is 3.80. The van der Waals surface area contributed by atoms with E-state index in [-0.39, 0.29) is 24.3 Å². The van der Waals surface area contributed by atoms with Crippen molar-refractivity contribution in [2.45, 2.75) is 39.2 Å². The zero-order chi connectivity index (χ0) is 18.1. The highest BCUT2D eigenvalue weighted by Gasteiger charge is 2.18. The largest absolute Gasteiger partial charge is 0.493 e. The van der Waals surface area contributed by atoms with Gasteiger partial charge in [0.15, 0.2) is 11.5 Å². The van der Waals surface area contributed by atoms with E-state index in [1.54, 1.807) is 19.1 Å². The number of nitrogens with zero attached hydrogens (tertiary/aromatic N) is 1. The summed E-state index contributed by atoms with van der Waals surface area (Å²) in [7, 11) is 4.52. The summed E-state index contributed by atoms with van der Waals surface area (Å²) in [5.41, 5.74) is 0.998. The van der Waals surface area contributed by atoms with Crippen molar-refractivity contribution < 1.29 is 23.8 Å². The number of carbonyl (C=O) groups excluding carboxylic acids is 2. The molecule has 0 aliphatic carbocycles. The van der Waals surface area contributed by atoms with Crippen LogP contribution in [0.4, 0.5) is 0 Å². The number of amides is 1. The molecule has 1 rings (SSSR count). The van der Waals surface area contributed by atoms with Crippen LogP contribution in [0, 0.1) is 0 Å². The van der Waals surface area contributed by atoms with Gasteiger partial charge in [0.2, 0.25) is 5.91 Å². The second kappa shape index (κ2) is 9.80. The Morgan fingerprint density at radius 3 is 2.25 bits per heavy atom. The number of ether oxygens (including phenoxy) is 3. The lowest BCUT2D eigenvalue weighted by Crippen LogP contribution is -2.38. The van der Waals surface area contributed by atoms with E-state index in [0.29, 0.717) is 30.9 Å². The van der Waals surface area contributed by atoms with Gasteiger partial charge in [-0.25, -0.2) is 0 Å². The Labute approximate surface area is 143 Å². The van der Waals surface area contributed by atoms with E-state index in [1.807, 2.05) is 32.0 Å². The Morgan fingerprint density at radius 2 is 1.71 bits per heavy atom. The molecule has 0 N–H and O–H groups in total. The highest BCUT2D eigenvalue weighted by atomic mass is 16.5. The van der Waals surface area contributed by atoms with E-state index < -0.39 is 0 Å². The standard InChI is InChI=1S/C18H27NO5/c1-13(2)19(11-10-18(21)24-5)17(20)9-7-14-6-8-15(22-3)16(12-14)23-4/h6,8,12-13H,7,9-11H2,1-5H3. The molecule has 0 fully saturated rings. The summed E-state index contributed by atoms with van der Waals surface area (Å²) in [5.74, 6) is 1.01. The molecule has 0 unspecified atom stereocenters. The zero-order valence-electron chi connectivity index (χ0n) is 15.1. The Hall–Kier alpha value is -2.24. The number of rotatable bonds is 9. The first-order valence-electron chi connectivity index (χ1n) is 8.00. The van der Waals surface area contributed by atoms with Crippen molar-refractivity contribution in [3.8, 4) is 11.5 Å². The van der Waals surface area contributed by atoms with Gasteiger partial charge in [-0.2, -0.15) is 0 Å². The van der Waals surface area contributed by atoms with E-state index >= 15 is 0 Å². The van der Waals surface area contributed by atoms with Crippen LogP contribution >= 0.6 is 0 Å². The van der Waals surface area contributed by atoms with Crippen LogP contribution in [-0.4, -0.2) is 50.7 Å². The molecule has 1 aromatic rings. The molecule has 6 heteroatoms. The molecule has 0 aliphatic heterocycles. The maximum Gasteiger partial charge on any atom is 0.307 e. The molecule has 0 bridgehead atoms. The number of hydrogen-bond acceptors (Lipinski definition) is 5. The Balaban J connectivity index is 2.66. The molecule has 0 saturated carbocycles. The molecular formula is C18H27NO5. The van der Waals surface area contributed by atoms with Crippen LogP contribution in [0.3, 0.4) is 0 Å².